The van der Waals surface area contributed by atoms with Crippen molar-refractivity contribution in [2.45, 2.75) is 62.8 Å². The van der Waals surface area contributed by atoms with E-state index in [-0.39, 0.29) is 19.1 Å². The lowest BCUT2D eigenvalue weighted by Gasteiger charge is -2.38. The van der Waals surface area contributed by atoms with Crippen LogP contribution in [0.15, 0.2) is 78.9 Å². The summed E-state index contributed by atoms with van der Waals surface area (Å²) in [4.78, 5) is 40.6. The number of carboxylic acids is 1. The fraction of sp³-hybridized carbons (Fsp3) is 0.364. The number of benzene rings is 3. The number of ether oxygens (including phenoxy) is 2. The number of hydrogen-bond acceptors (Lipinski definition) is 5. The zero-order valence-corrected chi connectivity index (χ0v) is 23.4. The lowest BCUT2D eigenvalue weighted by atomic mass is 9.94. The summed E-state index contributed by atoms with van der Waals surface area (Å²) in [5.74, 6) is -1.70. The van der Waals surface area contributed by atoms with E-state index in [9.17, 15) is 19.5 Å². The quantitative estimate of drug-likeness (QED) is 0.349. The SMILES string of the molecule is C[C@H](OCc1ccccc1)[C@@H](NC(=O)OCC1c2ccccc2-c2ccccc21)C(=O)N(C)C1(C(=O)O)CCCC1. The molecule has 3 aromatic carbocycles. The van der Waals surface area contributed by atoms with Crippen LogP contribution in [0.4, 0.5) is 4.79 Å². The summed E-state index contributed by atoms with van der Waals surface area (Å²) >= 11 is 0. The summed E-state index contributed by atoms with van der Waals surface area (Å²) < 4.78 is 11.7. The van der Waals surface area contributed by atoms with Crippen molar-refractivity contribution in [3.63, 3.8) is 0 Å². The van der Waals surface area contributed by atoms with Crippen LogP contribution in [-0.4, -0.2) is 59.3 Å². The molecule has 0 saturated heterocycles. The van der Waals surface area contributed by atoms with Gasteiger partial charge in [-0.15, -0.1) is 0 Å². The topological polar surface area (TPSA) is 105 Å². The third-order valence-electron chi connectivity index (χ3n) is 8.51. The standard InChI is InChI=1S/C33H36N2O6/c1-22(40-20-23-12-4-3-5-13-23)29(30(36)35(2)33(31(37)38)18-10-11-19-33)34-32(39)41-21-28-26-16-8-6-14-24(26)25-15-7-9-17-27(25)28/h3-9,12-17,22,28-29H,10-11,18-21H2,1-2H3,(H,34,39)(H,37,38)/t22-,29+/m0/s1. The van der Waals surface area contributed by atoms with Crippen molar-refractivity contribution < 1.29 is 29.0 Å². The molecule has 2 aliphatic carbocycles. The predicted molar refractivity (Wildman–Crippen MR) is 154 cm³/mol. The Bertz CT molecular complexity index is 1360. The monoisotopic (exact) mass is 556 g/mol. The number of nitrogens with one attached hydrogen (secondary N) is 1. The third kappa shape index (κ3) is 5.70. The molecule has 3 aromatic rings. The first kappa shape index (κ1) is 28.4. The Hall–Kier alpha value is -4.17. The van der Waals surface area contributed by atoms with E-state index in [2.05, 4.69) is 17.4 Å². The second kappa shape index (κ2) is 12.1. The number of fused-ring (bicyclic) bond motifs is 3. The minimum atomic E-state index is -1.31. The van der Waals surface area contributed by atoms with E-state index in [4.69, 9.17) is 9.47 Å². The largest absolute Gasteiger partial charge is 0.479 e. The molecule has 5 rings (SSSR count). The Morgan fingerprint density at radius 1 is 0.927 bits per heavy atom. The van der Waals surface area contributed by atoms with E-state index >= 15 is 0 Å². The van der Waals surface area contributed by atoms with Crippen LogP contribution in [0.25, 0.3) is 11.1 Å². The summed E-state index contributed by atoms with van der Waals surface area (Å²) in [6.45, 7) is 2.02. The minimum absolute atomic E-state index is 0.0922. The number of likely N-dealkylation sites (N-methyl/N-ethyl adjacent to an activating group) is 1. The molecule has 0 aliphatic heterocycles. The molecule has 0 aromatic heterocycles. The maximum Gasteiger partial charge on any atom is 0.407 e. The van der Waals surface area contributed by atoms with Crippen molar-refractivity contribution in [2.75, 3.05) is 13.7 Å². The molecule has 41 heavy (non-hydrogen) atoms. The summed E-state index contributed by atoms with van der Waals surface area (Å²) in [6, 6.07) is 24.5. The van der Waals surface area contributed by atoms with Gasteiger partial charge in [0.2, 0.25) is 5.91 Å². The fourth-order valence-electron chi connectivity index (χ4n) is 6.12. The molecule has 2 atom stereocenters. The number of carbonyl (C=O) groups is 3. The van der Waals surface area contributed by atoms with Crippen molar-refractivity contribution in [3.8, 4) is 11.1 Å². The highest BCUT2D eigenvalue weighted by atomic mass is 16.5. The molecule has 0 heterocycles. The molecule has 2 amide bonds. The Morgan fingerprint density at radius 3 is 2.07 bits per heavy atom. The average molecular weight is 557 g/mol. The van der Waals surface area contributed by atoms with Gasteiger partial charge in [-0.05, 0) is 47.6 Å². The maximum absolute atomic E-state index is 13.8. The average Bonchev–Trinajstić information content (AvgIpc) is 3.62. The third-order valence-corrected chi connectivity index (χ3v) is 8.51. The van der Waals surface area contributed by atoms with Crippen LogP contribution in [0.1, 0.15) is 55.2 Å². The zero-order chi connectivity index (χ0) is 29.0. The zero-order valence-electron chi connectivity index (χ0n) is 23.4. The number of carboxylic acid groups (broad SMARTS) is 1. The Labute approximate surface area is 240 Å². The van der Waals surface area contributed by atoms with Crippen LogP contribution in [-0.2, 0) is 25.7 Å². The van der Waals surface area contributed by atoms with Gasteiger partial charge in [0.05, 0.1) is 12.7 Å². The first-order valence-electron chi connectivity index (χ1n) is 14.1. The highest BCUT2D eigenvalue weighted by molar-refractivity contribution is 5.92. The number of aliphatic carboxylic acids is 1. The lowest BCUT2D eigenvalue weighted by Crippen LogP contribution is -2.61. The van der Waals surface area contributed by atoms with Crippen molar-refractivity contribution in [3.05, 3.63) is 95.6 Å². The fourth-order valence-corrected chi connectivity index (χ4v) is 6.12. The number of amides is 2. The number of carbonyl (C=O) groups excluding carboxylic acids is 2. The summed E-state index contributed by atoms with van der Waals surface area (Å²) in [5, 5.41) is 12.8. The lowest BCUT2D eigenvalue weighted by molar-refractivity contribution is -0.159. The highest BCUT2D eigenvalue weighted by Gasteiger charge is 2.49. The second-order valence-corrected chi connectivity index (χ2v) is 10.9. The molecule has 0 bridgehead atoms. The molecule has 2 N–H and O–H groups in total. The first-order chi connectivity index (χ1) is 19.8. The van der Waals surface area contributed by atoms with E-state index in [1.165, 1.54) is 11.9 Å². The molecule has 1 saturated carbocycles. The summed E-state index contributed by atoms with van der Waals surface area (Å²) in [7, 11) is 1.50. The normalized spacial score (nSPS) is 16.7. The molecule has 8 heteroatoms. The van der Waals surface area contributed by atoms with Gasteiger partial charge >= 0.3 is 12.1 Å². The maximum atomic E-state index is 13.8. The molecule has 0 unspecified atom stereocenters. The van der Waals surface area contributed by atoms with Crippen LogP contribution in [0.2, 0.25) is 0 Å². The molecular weight excluding hydrogens is 520 g/mol. The number of nitrogens with zero attached hydrogens (tertiary/aromatic N) is 1. The smallest absolute Gasteiger partial charge is 0.407 e. The summed E-state index contributed by atoms with van der Waals surface area (Å²) in [5.41, 5.74) is 4.00. The van der Waals surface area contributed by atoms with Gasteiger partial charge in [-0.1, -0.05) is 91.7 Å². The van der Waals surface area contributed by atoms with Crippen molar-refractivity contribution in [1.82, 2.24) is 10.2 Å². The van der Waals surface area contributed by atoms with E-state index < -0.39 is 35.7 Å². The van der Waals surface area contributed by atoms with Gasteiger partial charge in [-0.3, -0.25) is 4.79 Å². The Kier molecular flexibility index (Phi) is 8.40. The number of alkyl carbamates (subject to hydrolysis) is 1. The van der Waals surface area contributed by atoms with Crippen LogP contribution < -0.4 is 5.32 Å². The van der Waals surface area contributed by atoms with Gasteiger partial charge in [0.15, 0.2) is 0 Å². The van der Waals surface area contributed by atoms with Gasteiger partial charge in [0.1, 0.15) is 18.2 Å². The van der Waals surface area contributed by atoms with Gasteiger partial charge in [0.25, 0.3) is 0 Å². The van der Waals surface area contributed by atoms with E-state index in [0.29, 0.717) is 25.7 Å². The van der Waals surface area contributed by atoms with Crippen molar-refractivity contribution in [1.29, 1.82) is 0 Å². The van der Waals surface area contributed by atoms with Gasteiger partial charge in [0, 0.05) is 13.0 Å². The summed E-state index contributed by atoms with van der Waals surface area (Å²) in [6.07, 6.45) is 0.647. The van der Waals surface area contributed by atoms with E-state index in [1.54, 1.807) is 6.92 Å². The van der Waals surface area contributed by atoms with Gasteiger partial charge in [-0.25, -0.2) is 9.59 Å². The van der Waals surface area contributed by atoms with Crippen LogP contribution in [0, 0.1) is 0 Å². The number of rotatable bonds is 10. The predicted octanol–water partition coefficient (Wildman–Crippen LogP) is 5.35. The van der Waals surface area contributed by atoms with Crippen molar-refractivity contribution >= 4 is 18.0 Å². The van der Waals surface area contributed by atoms with E-state index in [0.717, 1.165) is 27.8 Å². The minimum Gasteiger partial charge on any atom is -0.479 e. The molecule has 0 radical (unpaired) electrons. The van der Waals surface area contributed by atoms with E-state index in [1.807, 2.05) is 66.7 Å². The molecule has 0 spiro atoms. The number of hydrogen-bond donors (Lipinski definition) is 2. The van der Waals surface area contributed by atoms with Gasteiger partial charge in [-0.2, -0.15) is 0 Å². The van der Waals surface area contributed by atoms with Gasteiger partial charge < -0.3 is 24.8 Å². The van der Waals surface area contributed by atoms with Crippen LogP contribution in [0.5, 0.6) is 0 Å². The van der Waals surface area contributed by atoms with Crippen LogP contribution in [0.3, 0.4) is 0 Å². The van der Waals surface area contributed by atoms with Crippen molar-refractivity contribution in [2.24, 2.45) is 0 Å². The Balaban J connectivity index is 1.32. The first-order valence-corrected chi connectivity index (χ1v) is 14.1. The molecule has 214 valence electrons. The molecule has 1 fully saturated rings. The Morgan fingerprint density at radius 2 is 1.49 bits per heavy atom. The van der Waals surface area contributed by atoms with Crippen LogP contribution >= 0.6 is 0 Å². The second-order valence-electron chi connectivity index (χ2n) is 10.9. The molecule has 8 nitrogen and oxygen atoms in total. The molecule has 2 aliphatic rings. The molecular formula is C33H36N2O6. The highest BCUT2D eigenvalue weighted by Crippen LogP contribution is 2.44.